The molecule has 2 saturated heterocycles. The lowest BCUT2D eigenvalue weighted by molar-refractivity contribution is -0.384. The number of non-ortho nitro benzene ring substituents is 1. The van der Waals surface area contributed by atoms with Gasteiger partial charge in [-0.25, -0.2) is 4.90 Å². The Labute approximate surface area is 136 Å². The van der Waals surface area contributed by atoms with Gasteiger partial charge >= 0.3 is 0 Å². The Morgan fingerprint density at radius 3 is 2.42 bits per heavy atom. The number of nitro groups is 1. The summed E-state index contributed by atoms with van der Waals surface area (Å²) in [5.74, 6) is -2.38. The second-order valence-corrected chi connectivity index (χ2v) is 6.47. The fraction of sp³-hybridized carbons (Fsp3) is 0.375. The second-order valence-electron chi connectivity index (χ2n) is 6.47. The highest BCUT2D eigenvalue weighted by molar-refractivity contribution is 6.23. The quantitative estimate of drug-likeness (QED) is 0.380. The van der Waals surface area contributed by atoms with Gasteiger partial charge in [0.2, 0.25) is 11.8 Å². The zero-order valence-electron chi connectivity index (χ0n) is 12.7. The van der Waals surface area contributed by atoms with Gasteiger partial charge in [0, 0.05) is 12.1 Å². The molecular weight excluding hydrogens is 316 g/mol. The van der Waals surface area contributed by atoms with E-state index in [1.807, 2.05) is 0 Å². The molecule has 2 bridgehead atoms. The topological polar surface area (TPSA) is 110 Å². The Bertz CT molecular complexity index is 803. The third-order valence-electron chi connectivity index (χ3n) is 5.12. The van der Waals surface area contributed by atoms with Crippen LogP contribution in [0.1, 0.15) is 6.92 Å². The van der Waals surface area contributed by atoms with E-state index in [2.05, 4.69) is 0 Å². The Morgan fingerprint density at radius 2 is 1.83 bits per heavy atom. The molecule has 0 aromatic heterocycles. The van der Waals surface area contributed by atoms with E-state index >= 15 is 0 Å². The van der Waals surface area contributed by atoms with E-state index < -0.39 is 46.4 Å². The lowest BCUT2D eigenvalue weighted by Crippen LogP contribution is -2.43. The average Bonchev–Trinajstić information content (AvgIpc) is 3.14. The zero-order chi connectivity index (χ0) is 17.3. The first kappa shape index (κ1) is 15.0. The maximum absolute atomic E-state index is 12.9. The molecular formula is C16H14N2O6. The number of aliphatic hydroxyl groups is 1. The largest absolute Gasteiger partial charge is 0.393 e. The Morgan fingerprint density at radius 1 is 1.21 bits per heavy atom. The molecule has 0 unspecified atom stereocenters. The Balaban J connectivity index is 1.75. The van der Waals surface area contributed by atoms with Crippen LogP contribution >= 0.6 is 0 Å². The highest BCUT2D eigenvalue weighted by Crippen LogP contribution is 2.57. The summed E-state index contributed by atoms with van der Waals surface area (Å²) in [6, 6.07) is 5.24. The summed E-state index contributed by atoms with van der Waals surface area (Å²) < 4.78 is 5.82. The number of hydrogen-bond acceptors (Lipinski definition) is 6. The van der Waals surface area contributed by atoms with Crippen LogP contribution in [0.5, 0.6) is 0 Å². The van der Waals surface area contributed by atoms with Crippen molar-refractivity contribution in [1.82, 2.24) is 0 Å². The minimum absolute atomic E-state index is 0.123. The fourth-order valence-corrected chi connectivity index (χ4v) is 4.02. The maximum Gasteiger partial charge on any atom is 0.269 e. The number of anilines is 1. The van der Waals surface area contributed by atoms with Crippen LogP contribution in [0.4, 0.5) is 11.4 Å². The number of fused-ring (bicyclic) bond motifs is 5. The first-order valence-electron chi connectivity index (χ1n) is 7.47. The maximum atomic E-state index is 12.9. The predicted octanol–water partition coefficient (Wildman–Crippen LogP) is 0.790. The molecule has 0 radical (unpaired) electrons. The number of carbonyl (C=O) groups is 2. The molecule has 3 aliphatic heterocycles. The van der Waals surface area contributed by atoms with Crippen LogP contribution in [0.25, 0.3) is 0 Å². The minimum Gasteiger partial charge on any atom is -0.393 e. The van der Waals surface area contributed by atoms with E-state index in [0.717, 1.165) is 4.90 Å². The third-order valence-corrected chi connectivity index (χ3v) is 5.12. The first-order chi connectivity index (χ1) is 11.3. The van der Waals surface area contributed by atoms with Crippen molar-refractivity contribution < 1.29 is 24.4 Å². The van der Waals surface area contributed by atoms with Gasteiger partial charge in [-0.1, -0.05) is 12.2 Å². The van der Waals surface area contributed by atoms with Crippen LogP contribution in [0.15, 0.2) is 36.4 Å². The van der Waals surface area contributed by atoms with Crippen molar-refractivity contribution in [3.8, 4) is 0 Å². The van der Waals surface area contributed by atoms with Gasteiger partial charge in [-0.15, -0.1) is 0 Å². The number of nitro benzene ring substituents is 1. The monoisotopic (exact) mass is 330 g/mol. The van der Waals surface area contributed by atoms with Crippen molar-refractivity contribution in [1.29, 1.82) is 0 Å². The van der Waals surface area contributed by atoms with Gasteiger partial charge in [-0.05, 0) is 19.1 Å². The summed E-state index contributed by atoms with van der Waals surface area (Å²) in [6.07, 6.45) is 3.37. The molecule has 2 amide bonds. The molecule has 1 aromatic carbocycles. The molecule has 1 N–H and O–H groups in total. The van der Waals surface area contributed by atoms with E-state index in [4.69, 9.17) is 4.74 Å². The molecule has 2 fully saturated rings. The van der Waals surface area contributed by atoms with E-state index in [-0.39, 0.29) is 11.4 Å². The molecule has 4 rings (SSSR count). The summed E-state index contributed by atoms with van der Waals surface area (Å²) in [7, 11) is 0. The predicted molar refractivity (Wildman–Crippen MR) is 81.0 cm³/mol. The summed E-state index contributed by atoms with van der Waals surface area (Å²) in [4.78, 5) is 36.9. The molecule has 4 atom stereocenters. The number of carbonyl (C=O) groups excluding carboxylic acids is 2. The normalized spacial score (nSPS) is 36.5. The van der Waals surface area contributed by atoms with Gasteiger partial charge in [0.05, 0.1) is 34.7 Å². The number of hydrogen-bond donors (Lipinski definition) is 1. The van der Waals surface area contributed by atoms with Crippen molar-refractivity contribution in [3.63, 3.8) is 0 Å². The van der Waals surface area contributed by atoms with Crippen molar-refractivity contribution in [2.75, 3.05) is 11.5 Å². The van der Waals surface area contributed by atoms with Crippen LogP contribution in [-0.2, 0) is 14.3 Å². The smallest absolute Gasteiger partial charge is 0.269 e. The molecule has 0 saturated carbocycles. The highest BCUT2D eigenvalue weighted by Gasteiger charge is 2.72. The number of nitrogens with zero attached hydrogens (tertiary/aromatic N) is 2. The number of benzene rings is 1. The molecule has 0 aliphatic carbocycles. The van der Waals surface area contributed by atoms with Gasteiger partial charge in [-0.2, -0.15) is 0 Å². The summed E-state index contributed by atoms with van der Waals surface area (Å²) in [5.41, 5.74) is -1.96. The minimum atomic E-state index is -1.18. The van der Waals surface area contributed by atoms with Crippen LogP contribution in [0.2, 0.25) is 0 Å². The molecule has 24 heavy (non-hydrogen) atoms. The number of amides is 2. The van der Waals surface area contributed by atoms with Gasteiger partial charge < -0.3 is 9.84 Å². The summed E-state index contributed by atoms with van der Waals surface area (Å²) >= 11 is 0. The molecule has 8 heteroatoms. The van der Waals surface area contributed by atoms with Crippen molar-refractivity contribution in [2.45, 2.75) is 18.1 Å². The van der Waals surface area contributed by atoms with Crippen molar-refractivity contribution in [2.24, 2.45) is 11.8 Å². The molecule has 8 nitrogen and oxygen atoms in total. The van der Waals surface area contributed by atoms with E-state index in [0.29, 0.717) is 0 Å². The number of imide groups is 1. The van der Waals surface area contributed by atoms with Gasteiger partial charge in [0.25, 0.3) is 5.69 Å². The lowest BCUT2D eigenvalue weighted by Gasteiger charge is -2.26. The Kier molecular flexibility index (Phi) is 2.80. The van der Waals surface area contributed by atoms with Gasteiger partial charge in [-0.3, -0.25) is 19.7 Å². The standard InChI is InChI=1S/C16H14N2O6/c1-15-6-7-16(8-19,24-15)12-11(15)13(20)17(14(12)21)9-2-4-10(5-3-9)18(22)23/h2-7,11-12,19H,8H2,1H3/t11-,12+,15+,16+/m1/s1. The summed E-state index contributed by atoms with van der Waals surface area (Å²) in [5, 5.41) is 20.5. The highest BCUT2D eigenvalue weighted by atomic mass is 16.6. The molecule has 124 valence electrons. The lowest BCUT2D eigenvalue weighted by atomic mass is 9.73. The van der Waals surface area contributed by atoms with Crippen molar-refractivity contribution >= 4 is 23.2 Å². The van der Waals surface area contributed by atoms with Gasteiger partial charge in [0.15, 0.2) is 0 Å². The SMILES string of the molecule is C[C@@]12C=C[C@@](CO)(O1)[C@@H]1C(=O)N(c3ccc([N+](=O)[O-])cc3)C(=O)[C@@H]12. The first-order valence-corrected chi connectivity index (χ1v) is 7.47. The average molecular weight is 330 g/mol. The number of aliphatic hydroxyl groups excluding tert-OH is 1. The van der Waals surface area contributed by atoms with Crippen molar-refractivity contribution in [3.05, 3.63) is 46.5 Å². The third kappa shape index (κ3) is 1.64. The van der Waals surface area contributed by atoms with Crippen LogP contribution in [0.3, 0.4) is 0 Å². The summed E-state index contributed by atoms with van der Waals surface area (Å²) in [6.45, 7) is 1.32. The van der Waals surface area contributed by atoms with Crippen LogP contribution in [0, 0.1) is 22.0 Å². The second kappa shape index (κ2) is 4.49. The molecule has 3 aliphatic rings. The van der Waals surface area contributed by atoms with E-state index in [9.17, 15) is 24.8 Å². The van der Waals surface area contributed by atoms with Gasteiger partial charge in [0.1, 0.15) is 5.60 Å². The Hall–Kier alpha value is -2.58. The molecule has 1 aromatic rings. The molecule has 3 heterocycles. The van der Waals surface area contributed by atoms with E-state index in [1.54, 1.807) is 19.1 Å². The van der Waals surface area contributed by atoms with E-state index in [1.165, 1.54) is 24.3 Å². The number of rotatable bonds is 3. The van der Waals surface area contributed by atoms with Crippen LogP contribution < -0.4 is 4.90 Å². The van der Waals surface area contributed by atoms with Crippen LogP contribution in [-0.4, -0.2) is 39.7 Å². The zero-order valence-corrected chi connectivity index (χ0v) is 12.7. The number of ether oxygens (including phenoxy) is 1. The molecule has 0 spiro atoms. The fourth-order valence-electron chi connectivity index (χ4n) is 4.02.